The maximum atomic E-state index is 14.9. The van der Waals surface area contributed by atoms with Gasteiger partial charge in [0.2, 0.25) is 17.7 Å². The van der Waals surface area contributed by atoms with Crippen LogP contribution in [0.15, 0.2) is 73.2 Å². The van der Waals surface area contributed by atoms with E-state index in [9.17, 15) is 38.0 Å². The van der Waals surface area contributed by atoms with Crippen LogP contribution in [0, 0.1) is 23.0 Å². The monoisotopic (exact) mass is 981 g/mol. The number of piperazine rings is 1. The van der Waals surface area contributed by atoms with Crippen LogP contribution in [0.2, 0.25) is 0 Å². The lowest BCUT2D eigenvalue weighted by Crippen LogP contribution is -2.62. The number of ether oxygens (including phenoxy) is 1. The predicted octanol–water partition coefficient (Wildman–Crippen LogP) is 4.89. The van der Waals surface area contributed by atoms with Crippen LogP contribution in [0.25, 0.3) is 16.6 Å². The number of carbonyl (C=O) groups is 5. The number of nitrogens with zero attached hydrogens (tertiary/aromatic N) is 9. The number of halogens is 2. The summed E-state index contributed by atoms with van der Waals surface area (Å²) >= 11 is 0. The predicted molar refractivity (Wildman–Crippen MR) is 261 cm³/mol. The standard InChI is InChI=1S/C53H57F2N11O6/c1-2-72-40-27-41(49-38(28-56)30-58-66(49)32-40)36-5-9-46(57-29-36)63-19-14-53(15-20-63,60-50(69)43-26-39(54)6-7-44(43)55)33-62-21-23-64(24-22-62)48(68)13-18-61-16-11-34(12-17-61)35-3-4-37-31-65(52(71)42(37)25-35)45-8-10-47(67)59-51(45)70/h3-7,9,25-27,29-30,32,34,45H,2,8,10-24,31,33H2,1H3,(H,60,69)(H,59,67,70). The Morgan fingerprint density at radius 1 is 0.903 bits per heavy atom. The fourth-order valence-electron chi connectivity index (χ4n) is 11.2. The van der Waals surface area contributed by atoms with Crippen molar-refractivity contribution in [2.75, 3.05) is 77.0 Å². The summed E-state index contributed by atoms with van der Waals surface area (Å²) < 4.78 is 36.6. The molecule has 0 aliphatic carbocycles. The first-order valence-electron chi connectivity index (χ1n) is 24.9. The highest BCUT2D eigenvalue weighted by Crippen LogP contribution is 2.36. The Hall–Kier alpha value is -7.30. The molecular formula is C53H57F2N11O6. The van der Waals surface area contributed by atoms with Crippen molar-refractivity contribution in [3.63, 3.8) is 0 Å². The van der Waals surface area contributed by atoms with E-state index >= 15 is 0 Å². The number of nitriles is 1. The van der Waals surface area contributed by atoms with Gasteiger partial charge in [0, 0.05) is 94.6 Å². The second kappa shape index (κ2) is 20.4. The minimum absolute atomic E-state index is 0.0907. The normalized spacial score (nSPS) is 19.8. The molecule has 72 heavy (non-hydrogen) atoms. The summed E-state index contributed by atoms with van der Waals surface area (Å²) in [5.41, 5.74) is 4.11. The maximum Gasteiger partial charge on any atom is 0.255 e. The first kappa shape index (κ1) is 48.3. The van der Waals surface area contributed by atoms with E-state index in [4.69, 9.17) is 9.72 Å². The molecule has 8 heterocycles. The fourth-order valence-corrected chi connectivity index (χ4v) is 11.2. The Labute approximate surface area is 415 Å². The summed E-state index contributed by atoms with van der Waals surface area (Å²) in [6, 6.07) is 16.3. The second-order valence-corrected chi connectivity index (χ2v) is 19.6. The zero-order chi connectivity index (χ0) is 50.1. The van der Waals surface area contributed by atoms with Gasteiger partial charge in [0.25, 0.3) is 11.8 Å². The molecule has 0 spiro atoms. The molecule has 10 rings (SSSR count). The van der Waals surface area contributed by atoms with Crippen molar-refractivity contribution in [1.82, 2.24) is 44.8 Å². The van der Waals surface area contributed by atoms with Gasteiger partial charge in [0.1, 0.15) is 35.3 Å². The average molecular weight is 982 g/mol. The zero-order valence-corrected chi connectivity index (χ0v) is 40.2. The van der Waals surface area contributed by atoms with Crippen molar-refractivity contribution in [1.29, 1.82) is 5.26 Å². The molecule has 374 valence electrons. The minimum atomic E-state index is -0.803. The number of likely N-dealkylation sites (tertiary alicyclic amines) is 1. The number of nitrogens with one attached hydrogen (secondary N) is 2. The number of amides is 5. The number of anilines is 1. The number of benzene rings is 2. The van der Waals surface area contributed by atoms with Gasteiger partial charge in [-0.1, -0.05) is 12.1 Å². The fraction of sp³-hybridized carbons (Fsp3) is 0.434. The van der Waals surface area contributed by atoms with Gasteiger partial charge in [0.05, 0.1) is 41.2 Å². The molecule has 4 fully saturated rings. The van der Waals surface area contributed by atoms with Crippen LogP contribution in [0.1, 0.15) is 95.2 Å². The van der Waals surface area contributed by atoms with Gasteiger partial charge in [-0.15, -0.1) is 0 Å². The van der Waals surface area contributed by atoms with Crippen molar-refractivity contribution >= 4 is 40.9 Å². The molecule has 5 aliphatic rings. The molecule has 0 saturated carbocycles. The van der Waals surface area contributed by atoms with E-state index in [-0.39, 0.29) is 35.6 Å². The number of carbonyl (C=O) groups excluding carboxylic acids is 5. The van der Waals surface area contributed by atoms with Crippen LogP contribution in [0.3, 0.4) is 0 Å². The van der Waals surface area contributed by atoms with E-state index in [2.05, 4.69) is 42.6 Å². The summed E-state index contributed by atoms with van der Waals surface area (Å²) in [6.07, 6.45) is 8.76. The third-order valence-electron chi connectivity index (χ3n) is 15.2. The van der Waals surface area contributed by atoms with Crippen LogP contribution < -0.4 is 20.3 Å². The van der Waals surface area contributed by atoms with Crippen molar-refractivity contribution in [3.8, 4) is 22.9 Å². The molecule has 17 nitrogen and oxygen atoms in total. The SMILES string of the molecule is CCOc1cc(-c2ccc(N3CCC(CN4CCN(C(=O)CCN5CCC(c6ccc7c(c6)C(=O)N(C6CCC(=O)NC6=O)C7)CC5)CC4)(NC(=O)c4cc(F)ccc4F)CC3)nc2)c2c(C#N)cnn2c1. The minimum Gasteiger partial charge on any atom is -0.492 e. The lowest BCUT2D eigenvalue weighted by molar-refractivity contribution is -0.137. The van der Waals surface area contributed by atoms with Gasteiger partial charge in [-0.3, -0.25) is 34.2 Å². The average Bonchev–Trinajstić information content (AvgIpc) is 3.96. The number of aromatic nitrogens is 3. The highest BCUT2D eigenvalue weighted by Gasteiger charge is 2.41. The first-order chi connectivity index (χ1) is 34.9. The van der Waals surface area contributed by atoms with Crippen molar-refractivity contribution in [2.45, 2.75) is 75.9 Å². The van der Waals surface area contributed by atoms with Gasteiger partial charge in [-0.25, -0.2) is 18.3 Å². The van der Waals surface area contributed by atoms with E-state index in [1.165, 1.54) is 6.20 Å². The van der Waals surface area contributed by atoms with Gasteiger partial charge in [-0.05, 0) is 112 Å². The van der Waals surface area contributed by atoms with E-state index in [1.807, 2.05) is 42.2 Å². The molecular weight excluding hydrogens is 925 g/mol. The molecule has 1 unspecified atom stereocenters. The quantitative estimate of drug-likeness (QED) is 0.152. The van der Waals surface area contributed by atoms with Gasteiger partial charge < -0.3 is 29.7 Å². The van der Waals surface area contributed by atoms with Crippen LogP contribution in [-0.2, 0) is 20.9 Å². The summed E-state index contributed by atoms with van der Waals surface area (Å²) in [7, 11) is 0. The summed E-state index contributed by atoms with van der Waals surface area (Å²) in [5.74, 6) is -1.38. The Morgan fingerprint density at radius 3 is 2.42 bits per heavy atom. The molecule has 2 N–H and O–H groups in total. The molecule has 5 aromatic rings. The first-order valence-corrected chi connectivity index (χ1v) is 24.9. The molecule has 0 radical (unpaired) electrons. The molecule has 2 aromatic carbocycles. The Balaban J connectivity index is 0.730. The van der Waals surface area contributed by atoms with Gasteiger partial charge in [-0.2, -0.15) is 10.4 Å². The Kier molecular flexibility index (Phi) is 13.7. The zero-order valence-electron chi connectivity index (χ0n) is 40.2. The Bertz CT molecular complexity index is 2950. The summed E-state index contributed by atoms with van der Waals surface area (Å²) in [6.45, 7) is 8.76. The van der Waals surface area contributed by atoms with Crippen molar-refractivity contribution < 1.29 is 37.5 Å². The molecule has 5 amide bonds. The topological polar surface area (TPSA) is 189 Å². The highest BCUT2D eigenvalue weighted by molar-refractivity contribution is 6.05. The molecule has 0 bridgehead atoms. The second-order valence-electron chi connectivity index (χ2n) is 19.6. The lowest BCUT2D eigenvalue weighted by Gasteiger charge is -2.46. The third-order valence-corrected chi connectivity index (χ3v) is 15.2. The molecule has 1 atom stereocenters. The van der Waals surface area contributed by atoms with Crippen LogP contribution in [0.4, 0.5) is 14.6 Å². The Morgan fingerprint density at radius 2 is 1.69 bits per heavy atom. The summed E-state index contributed by atoms with van der Waals surface area (Å²) in [4.78, 5) is 79.9. The molecule has 4 saturated heterocycles. The smallest absolute Gasteiger partial charge is 0.255 e. The number of hydrogen-bond donors (Lipinski definition) is 2. The van der Waals surface area contributed by atoms with E-state index < -0.39 is 35.0 Å². The number of pyridine rings is 2. The maximum absolute atomic E-state index is 14.9. The lowest BCUT2D eigenvalue weighted by atomic mass is 9.86. The van der Waals surface area contributed by atoms with Crippen molar-refractivity contribution in [3.05, 3.63) is 113 Å². The van der Waals surface area contributed by atoms with E-state index in [0.29, 0.717) is 114 Å². The number of piperidine rings is 3. The third kappa shape index (κ3) is 9.97. The van der Waals surface area contributed by atoms with Crippen LogP contribution in [-0.4, -0.2) is 147 Å². The molecule has 19 heteroatoms. The number of hydrogen-bond acceptors (Lipinski definition) is 12. The van der Waals surface area contributed by atoms with E-state index in [0.717, 1.165) is 72.2 Å². The number of imide groups is 1. The van der Waals surface area contributed by atoms with Gasteiger partial charge >= 0.3 is 0 Å². The van der Waals surface area contributed by atoms with E-state index in [1.54, 1.807) is 21.8 Å². The number of rotatable bonds is 13. The summed E-state index contributed by atoms with van der Waals surface area (Å²) in [5, 5.41) is 19.6. The van der Waals surface area contributed by atoms with Gasteiger partial charge in [0.15, 0.2) is 0 Å². The molecule has 3 aromatic heterocycles. The van der Waals surface area contributed by atoms with Crippen LogP contribution >= 0.6 is 0 Å². The number of fused-ring (bicyclic) bond motifs is 2. The molecule has 5 aliphatic heterocycles. The van der Waals surface area contributed by atoms with Crippen LogP contribution in [0.5, 0.6) is 5.75 Å². The largest absolute Gasteiger partial charge is 0.492 e. The highest BCUT2D eigenvalue weighted by atomic mass is 19.1. The van der Waals surface area contributed by atoms with Crippen molar-refractivity contribution in [2.24, 2.45) is 0 Å².